The number of nitrogens with zero attached hydrogens (tertiary/aromatic N) is 1. The molecule has 5 heteroatoms. The normalized spacial score (nSPS) is 12.1. The molecule has 1 heterocycles. The highest BCUT2D eigenvalue weighted by atomic mass is 35.5. The molecule has 0 aliphatic carbocycles. The summed E-state index contributed by atoms with van der Waals surface area (Å²) in [6.07, 6.45) is 1.82. The SMILES string of the molecule is CC(CC(N)=O)Nc1ccc(Cl)cn1. The molecule has 1 rings (SSSR count). The maximum Gasteiger partial charge on any atom is 0.219 e. The molecule has 1 unspecified atom stereocenters. The Morgan fingerprint density at radius 1 is 1.71 bits per heavy atom. The summed E-state index contributed by atoms with van der Waals surface area (Å²) in [5.41, 5.74) is 5.05. The molecule has 0 fully saturated rings. The Kier molecular flexibility index (Phi) is 3.71. The predicted octanol–water partition coefficient (Wildman–Crippen LogP) is 1.41. The number of primary amides is 1. The number of rotatable bonds is 4. The van der Waals surface area contributed by atoms with Crippen LogP contribution in [0.25, 0.3) is 0 Å². The second-order valence-corrected chi connectivity index (χ2v) is 3.51. The van der Waals surface area contributed by atoms with Crippen molar-refractivity contribution >= 4 is 23.3 Å². The quantitative estimate of drug-likeness (QED) is 0.795. The summed E-state index contributed by atoms with van der Waals surface area (Å²) < 4.78 is 0. The van der Waals surface area contributed by atoms with Crippen molar-refractivity contribution in [1.29, 1.82) is 0 Å². The molecular weight excluding hydrogens is 202 g/mol. The summed E-state index contributed by atoms with van der Waals surface area (Å²) in [4.78, 5) is 14.6. The fourth-order valence-corrected chi connectivity index (χ4v) is 1.18. The monoisotopic (exact) mass is 213 g/mol. The minimum atomic E-state index is -0.334. The Hall–Kier alpha value is -1.29. The van der Waals surface area contributed by atoms with Gasteiger partial charge in [0.05, 0.1) is 5.02 Å². The molecule has 14 heavy (non-hydrogen) atoms. The Balaban J connectivity index is 2.51. The highest BCUT2D eigenvalue weighted by molar-refractivity contribution is 6.30. The fourth-order valence-electron chi connectivity index (χ4n) is 1.07. The molecule has 0 aliphatic rings. The molecule has 0 bridgehead atoms. The van der Waals surface area contributed by atoms with Crippen LogP contribution in [0.15, 0.2) is 18.3 Å². The summed E-state index contributed by atoms with van der Waals surface area (Å²) in [6, 6.07) is 3.45. The molecule has 1 aromatic heterocycles. The molecule has 3 N–H and O–H groups in total. The molecule has 0 saturated carbocycles. The van der Waals surface area contributed by atoms with Gasteiger partial charge in [-0.1, -0.05) is 11.6 Å². The van der Waals surface area contributed by atoms with Crippen molar-refractivity contribution in [2.45, 2.75) is 19.4 Å². The number of aromatic nitrogens is 1. The first-order valence-corrected chi connectivity index (χ1v) is 4.62. The Bertz CT molecular complexity index is 312. The zero-order valence-electron chi connectivity index (χ0n) is 7.83. The third-order valence-corrected chi connectivity index (χ3v) is 1.85. The van der Waals surface area contributed by atoms with E-state index in [2.05, 4.69) is 10.3 Å². The van der Waals surface area contributed by atoms with E-state index in [0.29, 0.717) is 10.8 Å². The predicted molar refractivity (Wildman–Crippen MR) is 56.1 cm³/mol. The lowest BCUT2D eigenvalue weighted by Crippen LogP contribution is -2.24. The van der Waals surface area contributed by atoms with Crippen LogP contribution in [-0.4, -0.2) is 16.9 Å². The number of hydrogen-bond donors (Lipinski definition) is 2. The lowest BCUT2D eigenvalue weighted by Gasteiger charge is -2.11. The average Bonchev–Trinajstić information content (AvgIpc) is 2.07. The van der Waals surface area contributed by atoms with Crippen LogP contribution >= 0.6 is 11.6 Å². The van der Waals surface area contributed by atoms with Crippen molar-refractivity contribution in [3.8, 4) is 0 Å². The molecule has 0 aromatic carbocycles. The van der Waals surface area contributed by atoms with Gasteiger partial charge in [0.15, 0.2) is 0 Å². The summed E-state index contributed by atoms with van der Waals surface area (Å²) in [5, 5.41) is 3.61. The third kappa shape index (κ3) is 3.62. The highest BCUT2D eigenvalue weighted by Gasteiger charge is 2.05. The molecule has 0 radical (unpaired) electrons. The number of nitrogens with one attached hydrogen (secondary N) is 1. The number of anilines is 1. The smallest absolute Gasteiger partial charge is 0.219 e. The van der Waals surface area contributed by atoms with Crippen LogP contribution in [-0.2, 0) is 4.79 Å². The lowest BCUT2D eigenvalue weighted by atomic mass is 10.2. The Morgan fingerprint density at radius 3 is 2.93 bits per heavy atom. The molecule has 0 saturated heterocycles. The zero-order valence-corrected chi connectivity index (χ0v) is 8.58. The standard InChI is InChI=1S/C9H12ClN3O/c1-6(4-8(11)14)13-9-3-2-7(10)5-12-9/h2-3,5-6H,4H2,1H3,(H2,11,14)(H,12,13). The maximum atomic E-state index is 10.6. The average molecular weight is 214 g/mol. The largest absolute Gasteiger partial charge is 0.370 e. The highest BCUT2D eigenvalue weighted by Crippen LogP contribution is 2.10. The Labute approximate surface area is 87.5 Å². The Morgan fingerprint density at radius 2 is 2.43 bits per heavy atom. The van der Waals surface area contributed by atoms with E-state index in [-0.39, 0.29) is 18.4 Å². The number of nitrogens with two attached hydrogens (primary N) is 1. The number of hydrogen-bond acceptors (Lipinski definition) is 3. The van der Waals surface area contributed by atoms with Crippen molar-refractivity contribution in [3.05, 3.63) is 23.4 Å². The van der Waals surface area contributed by atoms with Crippen molar-refractivity contribution in [1.82, 2.24) is 4.98 Å². The van der Waals surface area contributed by atoms with E-state index in [0.717, 1.165) is 0 Å². The molecule has 1 atom stereocenters. The van der Waals surface area contributed by atoms with Gasteiger partial charge in [-0.15, -0.1) is 0 Å². The molecule has 76 valence electrons. The molecule has 0 aliphatic heterocycles. The molecular formula is C9H12ClN3O. The van der Waals surface area contributed by atoms with Gasteiger partial charge < -0.3 is 11.1 Å². The van der Waals surface area contributed by atoms with Crippen LogP contribution in [0.1, 0.15) is 13.3 Å². The number of halogens is 1. The van der Waals surface area contributed by atoms with Crippen LogP contribution in [0.3, 0.4) is 0 Å². The van der Waals surface area contributed by atoms with E-state index in [9.17, 15) is 4.79 Å². The minimum Gasteiger partial charge on any atom is -0.370 e. The molecule has 0 spiro atoms. The fraction of sp³-hybridized carbons (Fsp3) is 0.333. The first kappa shape index (κ1) is 10.8. The van der Waals surface area contributed by atoms with Gasteiger partial charge in [-0.05, 0) is 19.1 Å². The van der Waals surface area contributed by atoms with E-state index in [1.165, 1.54) is 0 Å². The number of pyridine rings is 1. The van der Waals surface area contributed by atoms with Crippen LogP contribution < -0.4 is 11.1 Å². The van der Waals surface area contributed by atoms with Gasteiger partial charge in [-0.25, -0.2) is 4.98 Å². The number of carbonyl (C=O) groups is 1. The van der Waals surface area contributed by atoms with Crippen molar-refractivity contribution in [2.75, 3.05) is 5.32 Å². The van der Waals surface area contributed by atoms with Crippen LogP contribution in [0.4, 0.5) is 5.82 Å². The number of amides is 1. The number of carbonyl (C=O) groups excluding carboxylic acids is 1. The van der Waals surface area contributed by atoms with Gasteiger partial charge in [-0.2, -0.15) is 0 Å². The van der Waals surface area contributed by atoms with Gasteiger partial charge in [0.1, 0.15) is 5.82 Å². The van der Waals surface area contributed by atoms with Crippen LogP contribution in [0.2, 0.25) is 5.02 Å². The van der Waals surface area contributed by atoms with Crippen LogP contribution in [0, 0.1) is 0 Å². The third-order valence-electron chi connectivity index (χ3n) is 1.63. The lowest BCUT2D eigenvalue weighted by molar-refractivity contribution is -0.118. The van der Waals surface area contributed by atoms with E-state index in [1.807, 2.05) is 6.92 Å². The zero-order chi connectivity index (χ0) is 10.6. The summed E-state index contributed by atoms with van der Waals surface area (Å²) in [5.74, 6) is 0.349. The topological polar surface area (TPSA) is 68.0 Å². The maximum absolute atomic E-state index is 10.6. The minimum absolute atomic E-state index is 0.0267. The molecule has 4 nitrogen and oxygen atoms in total. The van der Waals surface area contributed by atoms with Gasteiger partial charge >= 0.3 is 0 Å². The van der Waals surface area contributed by atoms with Crippen molar-refractivity contribution < 1.29 is 4.79 Å². The molecule has 1 aromatic rings. The van der Waals surface area contributed by atoms with Crippen LogP contribution in [0.5, 0.6) is 0 Å². The summed E-state index contributed by atoms with van der Waals surface area (Å²) in [7, 11) is 0. The summed E-state index contributed by atoms with van der Waals surface area (Å²) >= 11 is 5.67. The first-order chi connectivity index (χ1) is 6.58. The van der Waals surface area contributed by atoms with Crippen molar-refractivity contribution in [3.63, 3.8) is 0 Å². The first-order valence-electron chi connectivity index (χ1n) is 4.24. The van der Waals surface area contributed by atoms with Crippen molar-refractivity contribution in [2.24, 2.45) is 5.73 Å². The van der Waals surface area contributed by atoms with E-state index in [4.69, 9.17) is 17.3 Å². The van der Waals surface area contributed by atoms with Gasteiger partial charge in [0, 0.05) is 18.7 Å². The van der Waals surface area contributed by atoms with E-state index >= 15 is 0 Å². The van der Waals surface area contributed by atoms with Gasteiger partial charge in [0.25, 0.3) is 0 Å². The summed E-state index contributed by atoms with van der Waals surface area (Å²) in [6.45, 7) is 1.86. The molecule has 1 amide bonds. The van der Waals surface area contributed by atoms with E-state index < -0.39 is 0 Å². The second kappa shape index (κ2) is 4.81. The van der Waals surface area contributed by atoms with Gasteiger partial charge in [0.2, 0.25) is 5.91 Å². The van der Waals surface area contributed by atoms with E-state index in [1.54, 1.807) is 18.3 Å². The van der Waals surface area contributed by atoms with Gasteiger partial charge in [-0.3, -0.25) is 4.79 Å². The second-order valence-electron chi connectivity index (χ2n) is 3.08.